The van der Waals surface area contributed by atoms with Crippen molar-refractivity contribution in [2.75, 3.05) is 10.6 Å². The van der Waals surface area contributed by atoms with Gasteiger partial charge in [0.25, 0.3) is 0 Å². The summed E-state index contributed by atoms with van der Waals surface area (Å²) in [7, 11) is 0. The first-order valence-electron chi connectivity index (χ1n) is 8.33. The van der Waals surface area contributed by atoms with Crippen LogP contribution in [0.3, 0.4) is 0 Å². The predicted molar refractivity (Wildman–Crippen MR) is 99.1 cm³/mol. The molecule has 0 bridgehead atoms. The summed E-state index contributed by atoms with van der Waals surface area (Å²) in [6.45, 7) is 0. The van der Waals surface area contributed by atoms with Gasteiger partial charge in [-0.3, -0.25) is 10.6 Å². The third kappa shape index (κ3) is 5.49. The van der Waals surface area contributed by atoms with Gasteiger partial charge in [-0.1, -0.05) is 18.2 Å². The minimum absolute atomic E-state index is 0.00300. The molecule has 1 heterocycles. The maximum Gasteiger partial charge on any atom is 0.411 e. The highest BCUT2D eigenvalue weighted by molar-refractivity contribution is 7.14. The zero-order chi connectivity index (χ0) is 17.5. The number of carbonyl (C=O) groups is 2. The number of hydrogen-bond donors (Lipinski definition) is 3. The summed E-state index contributed by atoms with van der Waals surface area (Å²) in [6, 6.07) is 12.7. The molecule has 0 radical (unpaired) electrons. The fraction of sp³-hybridized carbons (Fsp3) is 0.333. The maximum absolute atomic E-state index is 12.0. The number of urea groups is 1. The second-order valence-electron chi connectivity index (χ2n) is 5.96. The molecular weight excluding hydrogens is 338 g/mol. The molecule has 1 aliphatic carbocycles. The molecule has 0 aliphatic heterocycles. The SMILES string of the molecule is O=C(Nc1cccs1)N[C@@H]1CCC[C@@H](OC(=O)Nc2ccccc2)C1. The minimum Gasteiger partial charge on any atom is -0.446 e. The lowest BCUT2D eigenvalue weighted by Gasteiger charge is -2.29. The van der Waals surface area contributed by atoms with Gasteiger partial charge in [0.05, 0.1) is 5.00 Å². The van der Waals surface area contributed by atoms with E-state index in [2.05, 4.69) is 16.0 Å². The zero-order valence-corrected chi connectivity index (χ0v) is 14.6. The van der Waals surface area contributed by atoms with E-state index in [-0.39, 0.29) is 18.2 Å². The Labute approximate surface area is 150 Å². The molecule has 0 spiro atoms. The maximum atomic E-state index is 12.0. The van der Waals surface area contributed by atoms with Crippen molar-refractivity contribution in [3.8, 4) is 0 Å². The van der Waals surface area contributed by atoms with Crippen molar-refractivity contribution in [3.63, 3.8) is 0 Å². The van der Waals surface area contributed by atoms with Gasteiger partial charge in [-0.15, -0.1) is 11.3 Å². The number of amides is 3. The van der Waals surface area contributed by atoms with Crippen LogP contribution >= 0.6 is 11.3 Å². The van der Waals surface area contributed by atoms with Gasteiger partial charge in [-0.2, -0.15) is 0 Å². The Morgan fingerprint density at radius 3 is 2.64 bits per heavy atom. The van der Waals surface area contributed by atoms with E-state index in [9.17, 15) is 9.59 Å². The third-order valence-electron chi connectivity index (χ3n) is 4.01. The third-order valence-corrected chi connectivity index (χ3v) is 4.80. The molecule has 1 saturated carbocycles. The van der Waals surface area contributed by atoms with E-state index >= 15 is 0 Å². The number of para-hydroxylation sites is 1. The van der Waals surface area contributed by atoms with Gasteiger partial charge in [-0.25, -0.2) is 9.59 Å². The topological polar surface area (TPSA) is 79.5 Å². The molecule has 0 unspecified atom stereocenters. The molecule has 3 amide bonds. The molecule has 1 aliphatic rings. The number of carbonyl (C=O) groups excluding carboxylic acids is 2. The Bertz CT molecular complexity index is 691. The number of hydrogen-bond acceptors (Lipinski definition) is 4. The summed E-state index contributed by atoms with van der Waals surface area (Å²) >= 11 is 1.47. The molecule has 0 saturated heterocycles. The molecular formula is C18H21N3O3S. The second-order valence-corrected chi connectivity index (χ2v) is 6.91. The summed E-state index contributed by atoms with van der Waals surface area (Å²) in [5.74, 6) is 0. The van der Waals surface area contributed by atoms with Crippen molar-refractivity contribution in [2.24, 2.45) is 0 Å². The fourth-order valence-corrected chi connectivity index (χ4v) is 3.50. The largest absolute Gasteiger partial charge is 0.446 e. The summed E-state index contributed by atoms with van der Waals surface area (Å²) in [5, 5.41) is 11.2. The number of ether oxygens (including phenoxy) is 1. The highest BCUT2D eigenvalue weighted by Gasteiger charge is 2.26. The Hall–Kier alpha value is -2.54. The van der Waals surface area contributed by atoms with Crippen LogP contribution in [0.1, 0.15) is 25.7 Å². The molecule has 1 aromatic carbocycles. The molecule has 3 N–H and O–H groups in total. The number of thiophene rings is 1. The van der Waals surface area contributed by atoms with Crippen molar-refractivity contribution in [1.29, 1.82) is 0 Å². The zero-order valence-electron chi connectivity index (χ0n) is 13.7. The van der Waals surface area contributed by atoms with Crippen LogP contribution in [-0.4, -0.2) is 24.3 Å². The molecule has 132 valence electrons. The fourth-order valence-electron chi connectivity index (χ4n) is 2.89. The number of benzene rings is 1. The highest BCUT2D eigenvalue weighted by atomic mass is 32.1. The van der Waals surface area contributed by atoms with Crippen LogP contribution in [0.15, 0.2) is 47.8 Å². The monoisotopic (exact) mass is 359 g/mol. The highest BCUT2D eigenvalue weighted by Crippen LogP contribution is 2.22. The Kier molecular flexibility index (Phi) is 5.90. The van der Waals surface area contributed by atoms with Gasteiger partial charge in [-0.05, 0) is 48.9 Å². The van der Waals surface area contributed by atoms with Crippen LogP contribution in [0.5, 0.6) is 0 Å². The number of rotatable bonds is 4. The van der Waals surface area contributed by atoms with Gasteiger partial charge in [0, 0.05) is 18.2 Å². The van der Waals surface area contributed by atoms with Crippen molar-refractivity contribution in [3.05, 3.63) is 47.8 Å². The van der Waals surface area contributed by atoms with Crippen LogP contribution in [0.25, 0.3) is 0 Å². The average Bonchev–Trinajstić information content (AvgIpc) is 3.08. The molecule has 6 nitrogen and oxygen atoms in total. The van der Waals surface area contributed by atoms with Crippen molar-refractivity contribution in [2.45, 2.75) is 37.8 Å². The summed E-state index contributed by atoms with van der Waals surface area (Å²) in [4.78, 5) is 24.0. The van der Waals surface area contributed by atoms with Crippen LogP contribution in [0, 0.1) is 0 Å². The molecule has 2 atom stereocenters. The summed E-state index contributed by atoms with van der Waals surface area (Å²) in [5.41, 5.74) is 0.702. The molecule has 7 heteroatoms. The van der Waals surface area contributed by atoms with E-state index in [0.717, 1.165) is 24.3 Å². The first-order chi connectivity index (χ1) is 12.2. The van der Waals surface area contributed by atoms with Crippen LogP contribution < -0.4 is 16.0 Å². The van der Waals surface area contributed by atoms with Gasteiger partial charge < -0.3 is 10.1 Å². The van der Waals surface area contributed by atoms with Crippen molar-refractivity contribution < 1.29 is 14.3 Å². The van der Waals surface area contributed by atoms with E-state index < -0.39 is 6.09 Å². The van der Waals surface area contributed by atoms with Gasteiger partial charge in [0.2, 0.25) is 0 Å². The van der Waals surface area contributed by atoms with Crippen LogP contribution in [0.4, 0.5) is 20.3 Å². The van der Waals surface area contributed by atoms with Gasteiger partial charge in [0.15, 0.2) is 0 Å². The molecule has 3 rings (SSSR count). The number of nitrogens with one attached hydrogen (secondary N) is 3. The van der Waals surface area contributed by atoms with Gasteiger partial charge >= 0.3 is 12.1 Å². The van der Waals surface area contributed by atoms with Crippen LogP contribution in [0.2, 0.25) is 0 Å². The summed E-state index contributed by atoms with van der Waals surface area (Å²) < 4.78 is 5.49. The van der Waals surface area contributed by atoms with E-state index in [0.29, 0.717) is 12.1 Å². The average molecular weight is 359 g/mol. The lowest BCUT2D eigenvalue weighted by atomic mass is 9.93. The smallest absolute Gasteiger partial charge is 0.411 e. The van der Waals surface area contributed by atoms with Crippen LogP contribution in [-0.2, 0) is 4.74 Å². The minimum atomic E-state index is -0.458. The normalized spacial score (nSPS) is 19.7. The number of anilines is 2. The molecule has 2 aromatic rings. The predicted octanol–water partition coefficient (Wildman–Crippen LogP) is 4.43. The standard InChI is InChI=1S/C18H21N3O3S/c22-17(21-16-10-5-11-25-16)19-14-8-4-9-15(12-14)24-18(23)20-13-6-2-1-3-7-13/h1-3,5-7,10-11,14-15H,4,8-9,12H2,(H,20,23)(H2,19,21,22)/t14-,15-/m1/s1. The Balaban J connectivity index is 1.44. The van der Waals surface area contributed by atoms with E-state index in [1.54, 1.807) is 12.1 Å². The van der Waals surface area contributed by atoms with E-state index in [4.69, 9.17) is 4.74 Å². The molecule has 1 aromatic heterocycles. The van der Waals surface area contributed by atoms with Gasteiger partial charge in [0.1, 0.15) is 6.10 Å². The van der Waals surface area contributed by atoms with E-state index in [1.165, 1.54) is 11.3 Å². The quantitative estimate of drug-likeness (QED) is 0.755. The van der Waals surface area contributed by atoms with Crippen molar-refractivity contribution in [1.82, 2.24) is 5.32 Å². The summed E-state index contributed by atoms with van der Waals surface area (Å²) in [6.07, 6.45) is 2.59. The first-order valence-corrected chi connectivity index (χ1v) is 9.21. The lowest BCUT2D eigenvalue weighted by Crippen LogP contribution is -2.43. The molecule has 25 heavy (non-hydrogen) atoms. The Morgan fingerprint density at radius 2 is 1.88 bits per heavy atom. The first kappa shape index (κ1) is 17.3. The lowest BCUT2D eigenvalue weighted by molar-refractivity contribution is 0.0779. The molecule has 1 fully saturated rings. The van der Waals surface area contributed by atoms with Crippen molar-refractivity contribution >= 4 is 34.1 Å². The second kappa shape index (κ2) is 8.53. The Morgan fingerprint density at radius 1 is 1.04 bits per heavy atom. The van der Waals surface area contributed by atoms with E-state index in [1.807, 2.05) is 35.7 Å².